The average molecular weight is 295 g/mol. The van der Waals surface area contributed by atoms with E-state index in [1.807, 2.05) is 0 Å². The lowest BCUT2D eigenvalue weighted by atomic mass is 10.2. The van der Waals surface area contributed by atoms with E-state index in [0.29, 0.717) is 15.5 Å². The maximum Gasteiger partial charge on any atom is 0.336 e. The fraction of sp³-hybridized carbons (Fsp3) is 0.143. The van der Waals surface area contributed by atoms with Gasteiger partial charge in [-0.3, -0.25) is 4.98 Å². The maximum absolute atomic E-state index is 10.6. The summed E-state index contributed by atoms with van der Waals surface area (Å²) in [4.78, 5) is 14.6. The Labute approximate surface area is 86.1 Å². The molecule has 0 spiro atoms. The van der Waals surface area contributed by atoms with Crippen molar-refractivity contribution in [1.82, 2.24) is 4.98 Å². The molecule has 12 heavy (non-hydrogen) atoms. The summed E-state index contributed by atoms with van der Waals surface area (Å²) in [6.07, 6.45) is 1.49. The van der Waals surface area contributed by atoms with E-state index in [1.54, 1.807) is 0 Å². The highest BCUT2D eigenvalue weighted by Crippen LogP contribution is 2.17. The highest BCUT2D eigenvalue weighted by molar-refractivity contribution is 9.10. The fourth-order valence-electron chi connectivity index (χ4n) is 0.719. The van der Waals surface area contributed by atoms with Gasteiger partial charge in [-0.1, -0.05) is 15.9 Å². The van der Waals surface area contributed by atoms with Crippen LogP contribution in [-0.2, 0) is 5.33 Å². The van der Waals surface area contributed by atoms with Crippen molar-refractivity contribution in [2.24, 2.45) is 0 Å². The second-order valence-electron chi connectivity index (χ2n) is 2.09. The maximum atomic E-state index is 10.6. The third-order valence-electron chi connectivity index (χ3n) is 1.28. The van der Waals surface area contributed by atoms with Gasteiger partial charge in [-0.2, -0.15) is 0 Å². The van der Waals surface area contributed by atoms with Crippen LogP contribution in [-0.4, -0.2) is 16.1 Å². The van der Waals surface area contributed by atoms with E-state index >= 15 is 0 Å². The van der Waals surface area contributed by atoms with Gasteiger partial charge in [0, 0.05) is 11.5 Å². The molecular formula is C7H5Br2NO2. The molecule has 3 nitrogen and oxygen atoms in total. The minimum atomic E-state index is -0.952. The molecule has 0 saturated heterocycles. The molecule has 1 rings (SSSR count). The van der Waals surface area contributed by atoms with Crippen molar-refractivity contribution in [2.45, 2.75) is 5.33 Å². The van der Waals surface area contributed by atoms with Crippen LogP contribution in [0.1, 0.15) is 16.1 Å². The molecule has 0 aliphatic heterocycles. The standard InChI is InChI=1S/C7H5Br2NO2/c8-2-4-1-5(7(11)12)6(9)3-10-4/h1,3H,2H2,(H,11,12). The van der Waals surface area contributed by atoms with Gasteiger partial charge in [0.25, 0.3) is 0 Å². The number of carboxylic acids is 1. The SMILES string of the molecule is O=C(O)c1cc(CBr)ncc1Br. The van der Waals surface area contributed by atoms with Crippen molar-refractivity contribution in [1.29, 1.82) is 0 Å². The number of hydrogen-bond donors (Lipinski definition) is 1. The molecule has 64 valence electrons. The van der Waals surface area contributed by atoms with E-state index < -0.39 is 5.97 Å². The minimum absolute atomic E-state index is 0.236. The van der Waals surface area contributed by atoms with Gasteiger partial charge >= 0.3 is 5.97 Å². The van der Waals surface area contributed by atoms with Crippen LogP contribution in [0.2, 0.25) is 0 Å². The topological polar surface area (TPSA) is 50.2 Å². The summed E-state index contributed by atoms with van der Waals surface area (Å²) < 4.78 is 0.500. The van der Waals surface area contributed by atoms with Crippen molar-refractivity contribution in [2.75, 3.05) is 0 Å². The van der Waals surface area contributed by atoms with E-state index in [1.165, 1.54) is 12.3 Å². The molecule has 5 heteroatoms. The zero-order valence-corrected chi connectivity index (χ0v) is 9.09. The van der Waals surface area contributed by atoms with Gasteiger partial charge in [0.15, 0.2) is 0 Å². The first-order chi connectivity index (χ1) is 5.65. The molecule has 1 N–H and O–H groups in total. The number of aromatic nitrogens is 1. The molecule has 0 unspecified atom stereocenters. The van der Waals surface area contributed by atoms with Gasteiger partial charge in [0.05, 0.1) is 15.7 Å². The molecule has 0 atom stereocenters. The van der Waals surface area contributed by atoms with E-state index in [0.717, 1.165) is 0 Å². The number of alkyl halides is 1. The second kappa shape index (κ2) is 4.00. The quantitative estimate of drug-likeness (QED) is 0.853. The second-order valence-corrected chi connectivity index (χ2v) is 3.51. The van der Waals surface area contributed by atoms with E-state index in [2.05, 4.69) is 36.8 Å². The Balaban J connectivity index is 3.17. The van der Waals surface area contributed by atoms with Gasteiger partial charge in [-0.25, -0.2) is 4.79 Å². The van der Waals surface area contributed by atoms with Gasteiger partial charge < -0.3 is 5.11 Å². The monoisotopic (exact) mass is 293 g/mol. The van der Waals surface area contributed by atoms with Crippen molar-refractivity contribution in [3.05, 3.63) is 28.0 Å². The fourth-order valence-corrected chi connectivity index (χ4v) is 1.41. The van der Waals surface area contributed by atoms with Crippen LogP contribution in [0.5, 0.6) is 0 Å². The van der Waals surface area contributed by atoms with Crippen LogP contribution in [0.3, 0.4) is 0 Å². The lowest BCUT2D eigenvalue weighted by Crippen LogP contribution is -2.00. The van der Waals surface area contributed by atoms with Crippen molar-refractivity contribution in [3.8, 4) is 0 Å². The van der Waals surface area contributed by atoms with E-state index in [4.69, 9.17) is 5.11 Å². The molecule has 0 aliphatic carbocycles. The first-order valence-corrected chi connectivity index (χ1v) is 5.00. The molecule has 1 aromatic rings. The Kier molecular flexibility index (Phi) is 3.22. The lowest BCUT2D eigenvalue weighted by Gasteiger charge is -1.99. The number of halogens is 2. The Hall–Kier alpha value is -0.420. The number of carbonyl (C=O) groups is 1. The number of carboxylic acid groups (broad SMARTS) is 1. The predicted molar refractivity (Wildman–Crippen MR) is 51.5 cm³/mol. The lowest BCUT2D eigenvalue weighted by molar-refractivity contribution is 0.0695. The van der Waals surface area contributed by atoms with Crippen LogP contribution in [0, 0.1) is 0 Å². The van der Waals surface area contributed by atoms with Crippen molar-refractivity contribution < 1.29 is 9.90 Å². The average Bonchev–Trinajstić information content (AvgIpc) is 2.05. The number of aromatic carboxylic acids is 1. The molecule has 0 saturated carbocycles. The zero-order chi connectivity index (χ0) is 9.14. The van der Waals surface area contributed by atoms with E-state index in [9.17, 15) is 4.79 Å². The normalized spacial score (nSPS) is 9.83. The molecule has 0 amide bonds. The zero-order valence-electron chi connectivity index (χ0n) is 5.92. The first-order valence-electron chi connectivity index (χ1n) is 3.09. The van der Waals surface area contributed by atoms with Crippen LogP contribution >= 0.6 is 31.9 Å². The summed E-state index contributed by atoms with van der Waals surface area (Å²) in [5, 5.41) is 9.27. The van der Waals surface area contributed by atoms with Gasteiger partial charge in [-0.05, 0) is 22.0 Å². The predicted octanol–water partition coefficient (Wildman–Crippen LogP) is 2.44. The number of hydrogen-bond acceptors (Lipinski definition) is 2. The van der Waals surface area contributed by atoms with Crippen LogP contribution < -0.4 is 0 Å². The van der Waals surface area contributed by atoms with Crippen molar-refractivity contribution >= 4 is 37.8 Å². The molecule has 1 aromatic heterocycles. The highest BCUT2D eigenvalue weighted by atomic mass is 79.9. The number of nitrogens with zero attached hydrogens (tertiary/aromatic N) is 1. The minimum Gasteiger partial charge on any atom is -0.478 e. The van der Waals surface area contributed by atoms with Gasteiger partial charge in [-0.15, -0.1) is 0 Å². The Morgan fingerprint density at radius 2 is 2.33 bits per heavy atom. The van der Waals surface area contributed by atoms with E-state index in [-0.39, 0.29) is 5.56 Å². The summed E-state index contributed by atoms with van der Waals surface area (Å²) in [6.45, 7) is 0. The molecule has 0 aliphatic rings. The summed E-state index contributed by atoms with van der Waals surface area (Å²) in [5.74, 6) is -0.952. The summed E-state index contributed by atoms with van der Waals surface area (Å²) in [5.41, 5.74) is 0.940. The largest absolute Gasteiger partial charge is 0.478 e. The molecule has 1 heterocycles. The molecule has 0 fully saturated rings. The molecule has 0 radical (unpaired) electrons. The Bertz CT molecular complexity index is 314. The Morgan fingerprint density at radius 1 is 1.67 bits per heavy atom. The van der Waals surface area contributed by atoms with Gasteiger partial charge in [0.2, 0.25) is 0 Å². The third-order valence-corrected chi connectivity index (χ3v) is 2.49. The molecule has 0 bridgehead atoms. The summed E-state index contributed by atoms with van der Waals surface area (Å²) in [6, 6.07) is 1.53. The molecular weight excluding hydrogens is 290 g/mol. The van der Waals surface area contributed by atoms with Crippen LogP contribution in [0.25, 0.3) is 0 Å². The first kappa shape index (κ1) is 9.67. The number of rotatable bonds is 2. The smallest absolute Gasteiger partial charge is 0.336 e. The Morgan fingerprint density at radius 3 is 2.83 bits per heavy atom. The van der Waals surface area contributed by atoms with Gasteiger partial charge in [0.1, 0.15) is 0 Å². The third kappa shape index (κ3) is 2.04. The number of pyridine rings is 1. The van der Waals surface area contributed by atoms with Crippen LogP contribution in [0.15, 0.2) is 16.7 Å². The van der Waals surface area contributed by atoms with Crippen LogP contribution in [0.4, 0.5) is 0 Å². The van der Waals surface area contributed by atoms with Crippen molar-refractivity contribution in [3.63, 3.8) is 0 Å². The summed E-state index contributed by atoms with van der Waals surface area (Å²) in [7, 11) is 0. The summed E-state index contributed by atoms with van der Waals surface area (Å²) >= 11 is 6.30. The highest BCUT2D eigenvalue weighted by Gasteiger charge is 2.08. The molecule has 0 aromatic carbocycles.